The number of benzene rings is 1. The Labute approximate surface area is 186 Å². The van der Waals surface area contributed by atoms with Crippen molar-refractivity contribution < 1.29 is 13.9 Å². The highest BCUT2D eigenvalue weighted by molar-refractivity contribution is 6.29. The van der Waals surface area contributed by atoms with E-state index >= 15 is 0 Å². The molecule has 0 bridgehead atoms. The number of methoxy groups -OCH3 is 2. The SMILES string of the molecule is COc1cc(-c2cnc(F)c(-c3ccnc(Cl)c3)c2)cc(OC)c1CN1CCCCC1. The van der Waals surface area contributed by atoms with Crippen LogP contribution in [0.1, 0.15) is 24.8 Å². The first kappa shape index (κ1) is 21.5. The number of hydrogen-bond donors (Lipinski definition) is 0. The number of aromatic nitrogens is 2. The fraction of sp³-hybridized carbons (Fsp3) is 0.333. The summed E-state index contributed by atoms with van der Waals surface area (Å²) in [5.74, 6) is 0.933. The third-order valence-corrected chi connectivity index (χ3v) is 5.85. The molecule has 1 aliphatic heterocycles. The van der Waals surface area contributed by atoms with Gasteiger partial charge in [0, 0.05) is 30.1 Å². The largest absolute Gasteiger partial charge is 0.496 e. The van der Waals surface area contributed by atoms with Crippen LogP contribution >= 0.6 is 11.6 Å². The van der Waals surface area contributed by atoms with Gasteiger partial charge in [-0.15, -0.1) is 0 Å². The van der Waals surface area contributed by atoms with Crippen molar-refractivity contribution in [3.8, 4) is 33.8 Å². The molecule has 7 heteroatoms. The maximum atomic E-state index is 14.5. The lowest BCUT2D eigenvalue weighted by Gasteiger charge is -2.28. The summed E-state index contributed by atoms with van der Waals surface area (Å²) in [4.78, 5) is 10.4. The highest BCUT2D eigenvalue weighted by Gasteiger charge is 2.19. The molecule has 5 nitrogen and oxygen atoms in total. The van der Waals surface area contributed by atoms with Crippen LogP contribution in [0.3, 0.4) is 0 Å². The fourth-order valence-corrected chi connectivity index (χ4v) is 4.20. The van der Waals surface area contributed by atoms with Gasteiger partial charge in [-0.3, -0.25) is 4.90 Å². The van der Waals surface area contributed by atoms with Crippen molar-refractivity contribution in [1.29, 1.82) is 0 Å². The van der Waals surface area contributed by atoms with Gasteiger partial charge in [0.15, 0.2) is 0 Å². The summed E-state index contributed by atoms with van der Waals surface area (Å²) in [5, 5.41) is 0.299. The molecule has 31 heavy (non-hydrogen) atoms. The number of ether oxygens (including phenoxy) is 2. The summed E-state index contributed by atoms with van der Waals surface area (Å²) in [6.07, 6.45) is 6.77. The molecule has 0 atom stereocenters. The molecule has 1 aromatic carbocycles. The molecule has 1 aliphatic rings. The van der Waals surface area contributed by atoms with Crippen molar-refractivity contribution in [3.05, 3.63) is 59.4 Å². The van der Waals surface area contributed by atoms with E-state index in [2.05, 4.69) is 14.9 Å². The number of halogens is 2. The number of nitrogens with zero attached hydrogens (tertiary/aromatic N) is 3. The molecule has 0 saturated carbocycles. The predicted molar refractivity (Wildman–Crippen MR) is 120 cm³/mol. The standard InChI is InChI=1S/C24H25ClFN3O2/c1-30-21-11-17(12-22(31-2)20(21)15-29-8-4-3-5-9-29)18-10-19(24(26)28-14-18)16-6-7-27-23(25)13-16/h6-7,10-14H,3-5,8-9,15H2,1-2H3. The van der Waals surface area contributed by atoms with Crippen molar-refractivity contribution in [2.75, 3.05) is 27.3 Å². The van der Waals surface area contributed by atoms with E-state index in [1.165, 1.54) is 25.5 Å². The quantitative estimate of drug-likeness (QED) is 0.465. The van der Waals surface area contributed by atoms with Crippen LogP contribution in [0.2, 0.25) is 5.15 Å². The predicted octanol–water partition coefficient (Wildman–Crippen LogP) is 5.61. The van der Waals surface area contributed by atoms with Crippen LogP contribution < -0.4 is 9.47 Å². The van der Waals surface area contributed by atoms with Gasteiger partial charge in [0.2, 0.25) is 5.95 Å². The van der Waals surface area contributed by atoms with Gasteiger partial charge in [0.25, 0.3) is 0 Å². The van der Waals surface area contributed by atoms with Gasteiger partial charge < -0.3 is 9.47 Å². The second-order valence-corrected chi connectivity index (χ2v) is 8.01. The molecule has 3 heterocycles. The van der Waals surface area contributed by atoms with E-state index < -0.39 is 5.95 Å². The monoisotopic (exact) mass is 441 g/mol. The molecular weight excluding hydrogens is 417 g/mol. The second-order valence-electron chi connectivity index (χ2n) is 7.63. The molecule has 3 aromatic rings. The fourth-order valence-electron chi connectivity index (χ4n) is 4.03. The van der Waals surface area contributed by atoms with E-state index in [0.717, 1.165) is 47.8 Å². The lowest BCUT2D eigenvalue weighted by atomic mass is 9.99. The van der Waals surface area contributed by atoms with E-state index in [9.17, 15) is 4.39 Å². The van der Waals surface area contributed by atoms with Crippen LogP contribution in [0, 0.1) is 5.95 Å². The summed E-state index contributed by atoms with van der Waals surface area (Å²) in [5.41, 5.74) is 3.59. The zero-order valence-corrected chi connectivity index (χ0v) is 18.5. The van der Waals surface area contributed by atoms with Gasteiger partial charge in [-0.2, -0.15) is 4.39 Å². The van der Waals surface area contributed by atoms with Crippen molar-refractivity contribution in [3.63, 3.8) is 0 Å². The first-order chi connectivity index (χ1) is 15.1. The Morgan fingerprint density at radius 3 is 2.29 bits per heavy atom. The van der Waals surface area contributed by atoms with Gasteiger partial charge in [0.05, 0.1) is 19.8 Å². The van der Waals surface area contributed by atoms with Crippen LogP contribution in [0.5, 0.6) is 11.5 Å². The average molecular weight is 442 g/mol. The van der Waals surface area contributed by atoms with Crippen LogP contribution in [-0.2, 0) is 6.54 Å². The lowest BCUT2D eigenvalue weighted by Crippen LogP contribution is -2.29. The highest BCUT2D eigenvalue weighted by Crippen LogP contribution is 2.37. The Morgan fingerprint density at radius 2 is 1.65 bits per heavy atom. The van der Waals surface area contributed by atoms with E-state index in [1.54, 1.807) is 38.6 Å². The van der Waals surface area contributed by atoms with Crippen molar-refractivity contribution in [2.45, 2.75) is 25.8 Å². The smallest absolute Gasteiger partial charge is 0.220 e. The summed E-state index contributed by atoms with van der Waals surface area (Å²) in [6, 6.07) is 9.00. The summed E-state index contributed by atoms with van der Waals surface area (Å²) >= 11 is 5.99. The molecule has 0 unspecified atom stereocenters. The minimum atomic E-state index is -0.563. The Bertz CT molecular complexity index is 1050. The number of likely N-dealkylation sites (tertiary alicyclic amines) is 1. The van der Waals surface area contributed by atoms with Crippen molar-refractivity contribution >= 4 is 11.6 Å². The van der Waals surface area contributed by atoms with E-state index in [1.807, 2.05) is 12.1 Å². The molecule has 162 valence electrons. The molecule has 0 N–H and O–H groups in total. The molecule has 0 spiro atoms. The molecule has 0 amide bonds. The third kappa shape index (κ3) is 4.81. The summed E-state index contributed by atoms with van der Waals surface area (Å²) in [7, 11) is 3.32. The number of pyridine rings is 2. The van der Waals surface area contributed by atoms with Crippen LogP contribution in [0.4, 0.5) is 4.39 Å². The molecule has 0 aliphatic carbocycles. The molecule has 4 rings (SSSR count). The summed E-state index contributed by atoms with van der Waals surface area (Å²) < 4.78 is 25.9. The molecule has 1 fully saturated rings. The number of rotatable bonds is 6. The zero-order valence-electron chi connectivity index (χ0n) is 17.7. The molecule has 2 aromatic heterocycles. The van der Waals surface area contributed by atoms with Crippen molar-refractivity contribution in [1.82, 2.24) is 14.9 Å². The van der Waals surface area contributed by atoms with Gasteiger partial charge in [0.1, 0.15) is 16.7 Å². The van der Waals surface area contributed by atoms with Gasteiger partial charge >= 0.3 is 0 Å². The highest BCUT2D eigenvalue weighted by atomic mass is 35.5. The molecule has 1 saturated heterocycles. The number of piperidine rings is 1. The van der Waals surface area contributed by atoms with E-state index in [-0.39, 0.29) is 0 Å². The zero-order chi connectivity index (χ0) is 21.8. The molecular formula is C24H25ClFN3O2. The van der Waals surface area contributed by atoms with Crippen molar-refractivity contribution in [2.24, 2.45) is 0 Å². The minimum absolute atomic E-state index is 0.299. The minimum Gasteiger partial charge on any atom is -0.496 e. The van der Waals surface area contributed by atoms with E-state index in [0.29, 0.717) is 16.3 Å². The second kappa shape index (κ2) is 9.62. The molecule has 0 radical (unpaired) electrons. The van der Waals surface area contributed by atoms with Crippen LogP contribution in [0.15, 0.2) is 42.7 Å². The topological polar surface area (TPSA) is 47.5 Å². The van der Waals surface area contributed by atoms with Gasteiger partial charge in [-0.25, -0.2) is 9.97 Å². The number of hydrogen-bond acceptors (Lipinski definition) is 5. The maximum Gasteiger partial charge on any atom is 0.220 e. The van der Waals surface area contributed by atoms with E-state index in [4.69, 9.17) is 21.1 Å². The average Bonchev–Trinajstić information content (AvgIpc) is 2.80. The third-order valence-electron chi connectivity index (χ3n) is 5.65. The Hall–Kier alpha value is -2.70. The maximum absolute atomic E-state index is 14.5. The Balaban J connectivity index is 1.73. The lowest BCUT2D eigenvalue weighted by molar-refractivity contribution is 0.215. The Kier molecular flexibility index (Phi) is 6.68. The first-order valence-electron chi connectivity index (χ1n) is 10.3. The van der Waals surface area contributed by atoms with Gasteiger partial charge in [-0.1, -0.05) is 18.0 Å². The Morgan fingerprint density at radius 1 is 0.935 bits per heavy atom. The normalized spacial score (nSPS) is 14.5. The van der Waals surface area contributed by atoms with Gasteiger partial charge in [-0.05, 0) is 67.4 Å². The summed E-state index contributed by atoms with van der Waals surface area (Å²) in [6.45, 7) is 2.93. The van der Waals surface area contributed by atoms with Crippen LogP contribution in [-0.4, -0.2) is 42.2 Å². The van der Waals surface area contributed by atoms with Crippen LogP contribution in [0.25, 0.3) is 22.3 Å². The first-order valence-corrected chi connectivity index (χ1v) is 10.7.